The van der Waals surface area contributed by atoms with E-state index in [9.17, 15) is 4.79 Å². The third-order valence-corrected chi connectivity index (χ3v) is 5.00. The molecular formula is C23H25NO4. The number of rotatable bonds is 5. The fraction of sp³-hybridized carbons (Fsp3) is 0.348. The van der Waals surface area contributed by atoms with Gasteiger partial charge in [0.05, 0.1) is 23.2 Å². The molecule has 4 rings (SSSR count). The van der Waals surface area contributed by atoms with Gasteiger partial charge < -0.3 is 13.9 Å². The first-order chi connectivity index (χ1) is 13.6. The number of fused-ring (bicyclic) bond motifs is 1. The maximum absolute atomic E-state index is 12.8. The Kier molecular flexibility index (Phi) is 5.46. The molecule has 2 atom stereocenters. The second-order valence-corrected chi connectivity index (χ2v) is 7.37. The van der Waals surface area contributed by atoms with Crippen LogP contribution >= 0.6 is 0 Å². The SMILES string of the molecule is CC1CN(CCOc2ccc3c(=O)c(-c4ccccc4)coc3c2)CC(C)O1. The van der Waals surface area contributed by atoms with E-state index >= 15 is 0 Å². The van der Waals surface area contributed by atoms with E-state index in [2.05, 4.69) is 18.7 Å². The van der Waals surface area contributed by atoms with E-state index in [1.54, 1.807) is 12.1 Å². The van der Waals surface area contributed by atoms with Gasteiger partial charge in [0.25, 0.3) is 0 Å². The summed E-state index contributed by atoms with van der Waals surface area (Å²) in [6, 6.07) is 15.0. The Morgan fingerprint density at radius 3 is 2.57 bits per heavy atom. The second kappa shape index (κ2) is 8.17. The predicted molar refractivity (Wildman–Crippen MR) is 110 cm³/mol. The van der Waals surface area contributed by atoms with E-state index in [0.29, 0.717) is 28.9 Å². The molecule has 0 aliphatic carbocycles. The van der Waals surface area contributed by atoms with Gasteiger partial charge in [0.2, 0.25) is 0 Å². The fourth-order valence-corrected chi connectivity index (χ4v) is 3.77. The lowest BCUT2D eigenvalue weighted by atomic mass is 10.1. The molecule has 0 N–H and O–H groups in total. The predicted octanol–water partition coefficient (Wildman–Crippen LogP) is 3.95. The van der Waals surface area contributed by atoms with Gasteiger partial charge in [-0.15, -0.1) is 0 Å². The molecule has 2 unspecified atom stereocenters. The van der Waals surface area contributed by atoms with Crippen LogP contribution in [0.15, 0.2) is 64.0 Å². The maximum atomic E-state index is 12.8. The summed E-state index contributed by atoms with van der Waals surface area (Å²) >= 11 is 0. The van der Waals surface area contributed by atoms with Gasteiger partial charge in [0.15, 0.2) is 5.43 Å². The Hall–Kier alpha value is -2.63. The molecule has 2 aromatic carbocycles. The summed E-state index contributed by atoms with van der Waals surface area (Å²) in [5, 5.41) is 0.560. The molecule has 146 valence electrons. The van der Waals surface area contributed by atoms with Gasteiger partial charge in [-0.05, 0) is 31.5 Å². The van der Waals surface area contributed by atoms with E-state index in [-0.39, 0.29) is 17.6 Å². The van der Waals surface area contributed by atoms with Crippen LogP contribution in [0.2, 0.25) is 0 Å². The van der Waals surface area contributed by atoms with Gasteiger partial charge in [0.1, 0.15) is 24.2 Å². The van der Waals surface area contributed by atoms with Crippen molar-refractivity contribution in [1.29, 1.82) is 0 Å². The zero-order valence-corrected chi connectivity index (χ0v) is 16.3. The van der Waals surface area contributed by atoms with Crippen molar-refractivity contribution in [3.05, 3.63) is 65.0 Å². The molecule has 1 fully saturated rings. The number of hydrogen-bond donors (Lipinski definition) is 0. The minimum absolute atomic E-state index is 0.0321. The minimum atomic E-state index is -0.0321. The quantitative estimate of drug-likeness (QED) is 0.672. The first-order valence-corrected chi connectivity index (χ1v) is 9.72. The Morgan fingerprint density at radius 2 is 1.82 bits per heavy atom. The lowest BCUT2D eigenvalue weighted by Crippen LogP contribution is -2.46. The monoisotopic (exact) mass is 379 g/mol. The largest absolute Gasteiger partial charge is 0.492 e. The van der Waals surface area contributed by atoms with Crippen molar-refractivity contribution >= 4 is 11.0 Å². The van der Waals surface area contributed by atoms with Crippen LogP contribution in [0, 0.1) is 0 Å². The molecule has 0 amide bonds. The molecule has 0 spiro atoms. The summed E-state index contributed by atoms with van der Waals surface area (Å²) in [7, 11) is 0. The van der Waals surface area contributed by atoms with E-state index < -0.39 is 0 Å². The zero-order chi connectivity index (χ0) is 19.5. The smallest absolute Gasteiger partial charge is 0.200 e. The maximum Gasteiger partial charge on any atom is 0.200 e. The van der Waals surface area contributed by atoms with Crippen molar-refractivity contribution < 1.29 is 13.9 Å². The molecule has 1 aliphatic heterocycles. The van der Waals surface area contributed by atoms with Gasteiger partial charge in [-0.3, -0.25) is 9.69 Å². The normalized spacial score (nSPS) is 20.4. The van der Waals surface area contributed by atoms with E-state index in [4.69, 9.17) is 13.9 Å². The molecule has 2 heterocycles. The number of ether oxygens (including phenoxy) is 2. The van der Waals surface area contributed by atoms with Crippen LogP contribution in [0.25, 0.3) is 22.1 Å². The van der Waals surface area contributed by atoms with Crippen molar-refractivity contribution in [2.75, 3.05) is 26.2 Å². The van der Waals surface area contributed by atoms with Crippen LogP contribution < -0.4 is 10.2 Å². The highest BCUT2D eigenvalue weighted by atomic mass is 16.5. The number of morpholine rings is 1. The van der Waals surface area contributed by atoms with Crippen molar-refractivity contribution in [2.45, 2.75) is 26.1 Å². The topological polar surface area (TPSA) is 51.9 Å². The van der Waals surface area contributed by atoms with Crippen LogP contribution in [0.3, 0.4) is 0 Å². The number of benzene rings is 2. The van der Waals surface area contributed by atoms with Gasteiger partial charge in [-0.1, -0.05) is 30.3 Å². The molecule has 28 heavy (non-hydrogen) atoms. The lowest BCUT2D eigenvalue weighted by Gasteiger charge is -2.35. The summed E-state index contributed by atoms with van der Waals surface area (Å²) in [6.45, 7) is 7.45. The third kappa shape index (κ3) is 4.11. The zero-order valence-electron chi connectivity index (χ0n) is 16.3. The van der Waals surface area contributed by atoms with Gasteiger partial charge in [-0.25, -0.2) is 0 Å². The van der Waals surface area contributed by atoms with Crippen molar-refractivity contribution in [1.82, 2.24) is 4.90 Å². The van der Waals surface area contributed by atoms with Gasteiger partial charge >= 0.3 is 0 Å². The standard InChI is InChI=1S/C23H25NO4/c1-16-13-24(14-17(2)28-16)10-11-26-19-8-9-20-22(12-19)27-15-21(23(20)25)18-6-4-3-5-7-18/h3-9,12,15-17H,10-11,13-14H2,1-2H3. The van der Waals surface area contributed by atoms with Gasteiger partial charge in [0, 0.05) is 25.7 Å². The molecule has 0 bridgehead atoms. The first kappa shape index (κ1) is 18.7. The fourth-order valence-electron chi connectivity index (χ4n) is 3.77. The van der Waals surface area contributed by atoms with Crippen LogP contribution in [-0.4, -0.2) is 43.3 Å². The Bertz CT molecular complexity index is 988. The summed E-state index contributed by atoms with van der Waals surface area (Å²) in [6.07, 6.45) is 2.02. The van der Waals surface area contributed by atoms with Crippen LogP contribution in [0.4, 0.5) is 0 Å². The van der Waals surface area contributed by atoms with E-state index in [1.165, 1.54) is 6.26 Å². The Morgan fingerprint density at radius 1 is 1.07 bits per heavy atom. The lowest BCUT2D eigenvalue weighted by molar-refractivity contribution is -0.0699. The molecule has 5 heteroatoms. The van der Waals surface area contributed by atoms with Crippen molar-refractivity contribution in [2.24, 2.45) is 0 Å². The van der Waals surface area contributed by atoms with Crippen LogP contribution in [0.1, 0.15) is 13.8 Å². The molecule has 1 aliphatic rings. The molecule has 0 radical (unpaired) electrons. The minimum Gasteiger partial charge on any atom is -0.492 e. The summed E-state index contributed by atoms with van der Waals surface area (Å²) in [4.78, 5) is 15.2. The summed E-state index contributed by atoms with van der Waals surface area (Å²) in [5.41, 5.74) is 1.93. The van der Waals surface area contributed by atoms with Crippen molar-refractivity contribution in [3.8, 4) is 16.9 Å². The van der Waals surface area contributed by atoms with Gasteiger partial charge in [-0.2, -0.15) is 0 Å². The molecule has 5 nitrogen and oxygen atoms in total. The molecule has 3 aromatic rings. The third-order valence-electron chi connectivity index (χ3n) is 5.00. The number of hydrogen-bond acceptors (Lipinski definition) is 5. The highest BCUT2D eigenvalue weighted by Crippen LogP contribution is 2.23. The highest BCUT2D eigenvalue weighted by molar-refractivity contribution is 5.82. The Labute approximate surface area is 164 Å². The summed E-state index contributed by atoms with van der Waals surface area (Å²) < 4.78 is 17.4. The van der Waals surface area contributed by atoms with Crippen LogP contribution in [0.5, 0.6) is 5.75 Å². The molecule has 1 aromatic heterocycles. The Balaban J connectivity index is 1.46. The second-order valence-electron chi connectivity index (χ2n) is 7.37. The first-order valence-electron chi connectivity index (χ1n) is 9.72. The van der Waals surface area contributed by atoms with E-state index in [1.807, 2.05) is 36.4 Å². The number of nitrogens with zero attached hydrogens (tertiary/aromatic N) is 1. The summed E-state index contributed by atoms with van der Waals surface area (Å²) in [5.74, 6) is 0.706. The van der Waals surface area contributed by atoms with Crippen LogP contribution in [-0.2, 0) is 4.74 Å². The average molecular weight is 379 g/mol. The van der Waals surface area contributed by atoms with E-state index in [0.717, 1.165) is 25.2 Å². The molecular weight excluding hydrogens is 354 g/mol. The molecule has 1 saturated heterocycles. The highest BCUT2D eigenvalue weighted by Gasteiger charge is 2.21. The molecule has 0 saturated carbocycles. The average Bonchev–Trinajstić information content (AvgIpc) is 2.68. The van der Waals surface area contributed by atoms with Crippen molar-refractivity contribution in [3.63, 3.8) is 0 Å².